The summed E-state index contributed by atoms with van der Waals surface area (Å²) in [5.74, 6) is 0.620. The van der Waals surface area contributed by atoms with Crippen molar-refractivity contribution < 1.29 is 9.21 Å². The Morgan fingerprint density at radius 2 is 2.60 bits per heavy atom. The molecule has 1 aromatic heterocycles. The predicted octanol–water partition coefficient (Wildman–Crippen LogP) is 0.771. The van der Waals surface area contributed by atoms with E-state index in [4.69, 9.17) is 4.42 Å². The zero-order valence-corrected chi connectivity index (χ0v) is 8.40. The summed E-state index contributed by atoms with van der Waals surface area (Å²) in [4.78, 5) is 11.4. The standard InChI is InChI=1S/C11H14N2O2/c14-11(13-9-5-6-12-8-9)4-3-10-2-1-7-15-10/h1-4,7,9,12H,5-6,8H2,(H,13,14). The van der Waals surface area contributed by atoms with E-state index in [0.29, 0.717) is 5.76 Å². The first kappa shape index (κ1) is 9.98. The maximum Gasteiger partial charge on any atom is 0.244 e. The van der Waals surface area contributed by atoms with E-state index in [0.717, 1.165) is 19.5 Å². The summed E-state index contributed by atoms with van der Waals surface area (Å²) in [5, 5.41) is 6.10. The van der Waals surface area contributed by atoms with Crippen LogP contribution in [0.15, 0.2) is 28.9 Å². The summed E-state index contributed by atoms with van der Waals surface area (Å²) in [7, 11) is 0. The topological polar surface area (TPSA) is 54.3 Å². The van der Waals surface area contributed by atoms with Crippen LogP contribution in [0.25, 0.3) is 6.08 Å². The monoisotopic (exact) mass is 206 g/mol. The van der Waals surface area contributed by atoms with Crippen molar-refractivity contribution in [2.24, 2.45) is 0 Å². The Balaban J connectivity index is 1.81. The van der Waals surface area contributed by atoms with Gasteiger partial charge in [-0.1, -0.05) is 0 Å². The molecule has 1 aliphatic rings. The van der Waals surface area contributed by atoms with E-state index in [2.05, 4.69) is 10.6 Å². The van der Waals surface area contributed by atoms with Crippen molar-refractivity contribution in [2.75, 3.05) is 13.1 Å². The number of carbonyl (C=O) groups is 1. The van der Waals surface area contributed by atoms with Gasteiger partial charge in [0.25, 0.3) is 0 Å². The third kappa shape index (κ3) is 2.95. The number of amides is 1. The quantitative estimate of drug-likeness (QED) is 0.718. The molecule has 1 unspecified atom stereocenters. The highest BCUT2D eigenvalue weighted by molar-refractivity contribution is 5.91. The molecule has 1 saturated heterocycles. The van der Waals surface area contributed by atoms with Gasteiger partial charge in [-0.25, -0.2) is 0 Å². The largest absolute Gasteiger partial charge is 0.465 e. The summed E-state index contributed by atoms with van der Waals surface area (Å²) in [6, 6.07) is 3.86. The van der Waals surface area contributed by atoms with Crippen LogP contribution >= 0.6 is 0 Å². The van der Waals surface area contributed by atoms with Gasteiger partial charge >= 0.3 is 0 Å². The molecule has 0 radical (unpaired) electrons. The van der Waals surface area contributed by atoms with Crippen LogP contribution in [0.3, 0.4) is 0 Å². The number of hydrogen-bond acceptors (Lipinski definition) is 3. The summed E-state index contributed by atoms with van der Waals surface area (Å²) in [6.07, 6.45) is 5.74. The molecule has 1 aromatic rings. The summed E-state index contributed by atoms with van der Waals surface area (Å²) >= 11 is 0. The van der Waals surface area contributed by atoms with Crippen LogP contribution in [-0.2, 0) is 4.79 Å². The fourth-order valence-corrected chi connectivity index (χ4v) is 1.57. The molecule has 1 amide bonds. The summed E-state index contributed by atoms with van der Waals surface area (Å²) in [5.41, 5.74) is 0. The van der Waals surface area contributed by atoms with Crippen molar-refractivity contribution in [1.82, 2.24) is 10.6 Å². The van der Waals surface area contributed by atoms with Gasteiger partial charge in [0.05, 0.1) is 6.26 Å². The van der Waals surface area contributed by atoms with Crippen molar-refractivity contribution in [3.8, 4) is 0 Å². The number of rotatable bonds is 3. The molecule has 80 valence electrons. The van der Waals surface area contributed by atoms with Gasteiger partial charge in [0.2, 0.25) is 5.91 Å². The second kappa shape index (κ2) is 4.79. The Labute approximate surface area is 88.3 Å². The molecular formula is C11H14N2O2. The Morgan fingerprint density at radius 3 is 3.27 bits per heavy atom. The first-order valence-electron chi connectivity index (χ1n) is 5.07. The van der Waals surface area contributed by atoms with Gasteiger partial charge in [-0.2, -0.15) is 0 Å². The first-order valence-corrected chi connectivity index (χ1v) is 5.07. The van der Waals surface area contributed by atoms with Gasteiger partial charge < -0.3 is 15.1 Å². The molecule has 1 atom stereocenters. The van der Waals surface area contributed by atoms with Gasteiger partial charge in [-0.05, 0) is 31.2 Å². The van der Waals surface area contributed by atoms with E-state index in [9.17, 15) is 4.79 Å². The molecule has 0 aromatic carbocycles. The maximum absolute atomic E-state index is 11.4. The number of nitrogens with one attached hydrogen (secondary N) is 2. The molecule has 15 heavy (non-hydrogen) atoms. The van der Waals surface area contributed by atoms with Crippen LogP contribution in [0, 0.1) is 0 Å². The van der Waals surface area contributed by atoms with Crippen molar-refractivity contribution >= 4 is 12.0 Å². The van der Waals surface area contributed by atoms with Crippen LogP contribution in [0.2, 0.25) is 0 Å². The molecule has 1 fully saturated rings. The predicted molar refractivity (Wildman–Crippen MR) is 57.2 cm³/mol. The highest BCUT2D eigenvalue weighted by Crippen LogP contribution is 2.02. The lowest BCUT2D eigenvalue weighted by Crippen LogP contribution is -2.34. The Kier molecular flexibility index (Phi) is 3.19. The lowest BCUT2D eigenvalue weighted by atomic mass is 10.2. The third-order valence-corrected chi connectivity index (χ3v) is 2.35. The number of carbonyl (C=O) groups excluding carboxylic acids is 1. The Morgan fingerprint density at radius 1 is 1.67 bits per heavy atom. The van der Waals surface area contributed by atoms with Gasteiger partial charge in [0.1, 0.15) is 5.76 Å². The van der Waals surface area contributed by atoms with Crippen LogP contribution in [0.1, 0.15) is 12.2 Å². The molecule has 0 bridgehead atoms. The summed E-state index contributed by atoms with van der Waals surface area (Å²) < 4.78 is 5.07. The van der Waals surface area contributed by atoms with Gasteiger partial charge in [0, 0.05) is 18.7 Å². The SMILES string of the molecule is O=C(C=Cc1ccco1)NC1CCNC1. The summed E-state index contributed by atoms with van der Waals surface area (Å²) in [6.45, 7) is 1.84. The Hall–Kier alpha value is -1.55. The molecule has 0 spiro atoms. The average Bonchev–Trinajstić information content (AvgIpc) is 2.86. The van der Waals surface area contributed by atoms with E-state index in [1.807, 2.05) is 0 Å². The third-order valence-electron chi connectivity index (χ3n) is 2.35. The maximum atomic E-state index is 11.4. The highest BCUT2D eigenvalue weighted by Gasteiger charge is 2.14. The Bertz CT molecular complexity index is 337. The van der Waals surface area contributed by atoms with Gasteiger partial charge in [0.15, 0.2) is 0 Å². The molecule has 1 aliphatic heterocycles. The molecule has 4 heteroatoms. The highest BCUT2D eigenvalue weighted by atomic mass is 16.3. The van der Waals surface area contributed by atoms with Crippen molar-refractivity contribution in [3.63, 3.8) is 0 Å². The minimum atomic E-state index is -0.0694. The van der Waals surface area contributed by atoms with Gasteiger partial charge in [-0.15, -0.1) is 0 Å². The smallest absolute Gasteiger partial charge is 0.244 e. The van der Waals surface area contributed by atoms with E-state index in [-0.39, 0.29) is 11.9 Å². The minimum absolute atomic E-state index is 0.0694. The van der Waals surface area contributed by atoms with Crippen LogP contribution in [0.4, 0.5) is 0 Å². The van der Waals surface area contributed by atoms with Crippen LogP contribution in [0.5, 0.6) is 0 Å². The molecule has 4 nitrogen and oxygen atoms in total. The second-order valence-electron chi connectivity index (χ2n) is 3.55. The van der Waals surface area contributed by atoms with E-state index >= 15 is 0 Å². The van der Waals surface area contributed by atoms with E-state index < -0.39 is 0 Å². The normalized spacial score (nSPS) is 20.9. The van der Waals surface area contributed by atoms with E-state index in [1.54, 1.807) is 24.5 Å². The molecule has 0 saturated carbocycles. The van der Waals surface area contributed by atoms with Gasteiger partial charge in [-0.3, -0.25) is 4.79 Å². The molecule has 0 aliphatic carbocycles. The second-order valence-corrected chi connectivity index (χ2v) is 3.55. The number of hydrogen-bond donors (Lipinski definition) is 2. The fourth-order valence-electron chi connectivity index (χ4n) is 1.57. The average molecular weight is 206 g/mol. The fraction of sp³-hybridized carbons (Fsp3) is 0.364. The van der Waals surface area contributed by atoms with Crippen molar-refractivity contribution in [3.05, 3.63) is 30.2 Å². The van der Waals surface area contributed by atoms with Crippen molar-refractivity contribution in [1.29, 1.82) is 0 Å². The number of furan rings is 1. The molecule has 2 heterocycles. The first-order chi connectivity index (χ1) is 7.34. The van der Waals surface area contributed by atoms with Crippen LogP contribution < -0.4 is 10.6 Å². The van der Waals surface area contributed by atoms with Crippen LogP contribution in [-0.4, -0.2) is 25.0 Å². The zero-order chi connectivity index (χ0) is 10.5. The minimum Gasteiger partial charge on any atom is -0.465 e. The van der Waals surface area contributed by atoms with E-state index in [1.165, 1.54) is 6.08 Å². The molecule has 2 rings (SSSR count). The lowest BCUT2D eigenvalue weighted by Gasteiger charge is -2.07. The van der Waals surface area contributed by atoms with Crippen molar-refractivity contribution in [2.45, 2.75) is 12.5 Å². The lowest BCUT2D eigenvalue weighted by molar-refractivity contribution is -0.117. The molecular weight excluding hydrogens is 192 g/mol. The zero-order valence-electron chi connectivity index (χ0n) is 8.40. The molecule has 2 N–H and O–H groups in total.